The van der Waals surface area contributed by atoms with Gasteiger partial charge in [-0.2, -0.15) is 11.8 Å². The number of nitrogens with one attached hydrogen (secondary N) is 1. The van der Waals surface area contributed by atoms with Crippen molar-refractivity contribution in [1.82, 2.24) is 9.97 Å². The van der Waals surface area contributed by atoms with Crippen molar-refractivity contribution < 1.29 is 0 Å². The van der Waals surface area contributed by atoms with Gasteiger partial charge in [-0.05, 0) is 24.5 Å². The Morgan fingerprint density at radius 1 is 1.14 bits per heavy atom. The van der Waals surface area contributed by atoms with E-state index in [1.54, 1.807) is 0 Å². The maximum atomic E-state index is 5.32. The lowest BCUT2D eigenvalue weighted by atomic mass is 10.0. The Balaban J connectivity index is 1.73. The van der Waals surface area contributed by atoms with E-state index in [9.17, 15) is 0 Å². The Kier molecular flexibility index (Phi) is 5.09. The molecule has 0 radical (unpaired) electrons. The lowest BCUT2D eigenvalue weighted by Gasteiger charge is -2.20. The van der Waals surface area contributed by atoms with Gasteiger partial charge in [-0.15, -0.1) is 0 Å². The van der Waals surface area contributed by atoms with E-state index in [4.69, 9.17) is 12.2 Å². The zero-order valence-corrected chi connectivity index (χ0v) is 13.7. The summed E-state index contributed by atoms with van der Waals surface area (Å²) >= 11 is 7.34. The van der Waals surface area contributed by atoms with E-state index >= 15 is 0 Å². The minimum atomic E-state index is 0.673. The van der Waals surface area contributed by atoms with Gasteiger partial charge in [0.2, 0.25) is 0 Å². The first-order chi connectivity index (χ1) is 10.3. The van der Waals surface area contributed by atoms with Gasteiger partial charge < -0.3 is 4.98 Å². The third-order valence-electron chi connectivity index (χ3n) is 3.88. The van der Waals surface area contributed by atoms with Crippen LogP contribution >= 0.6 is 24.0 Å². The van der Waals surface area contributed by atoms with Crippen LogP contribution in [0.4, 0.5) is 0 Å². The van der Waals surface area contributed by atoms with E-state index in [-0.39, 0.29) is 0 Å². The van der Waals surface area contributed by atoms with Crippen LogP contribution in [-0.4, -0.2) is 15.2 Å². The normalized spacial score (nSPS) is 16.0. The second-order valence-corrected chi connectivity index (χ2v) is 7.22. The predicted octanol–water partition coefficient (Wildman–Crippen LogP) is 5.37. The minimum absolute atomic E-state index is 0.673. The summed E-state index contributed by atoms with van der Waals surface area (Å²) in [6.07, 6.45) is 6.87. The number of benzene rings is 1. The third-order valence-corrected chi connectivity index (χ3v) is 5.48. The maximum Gasteiger partial charge on any atom is 0.130 e. The van der Waals surface area contributed by atoms with Crippen LogP contribution in [0.15, 0.2) is 36.4 Å². The number of nitrogens with zero attached hydrogens (tertiary/aromatic N) is 1. The molecular weight excluding hydrogens is 296 g/mol. The molecule has 2 nitrogen and oxygen atoms in total. The molecule has 1 aromatic carbocycles. The van der Waals surface area contributed by atoms with Crippen molar-refractivity contribution in [2.45, 2.75) is 43.1 Å². The number of hydrogen-bond donors (Lipinski definition) is 1. The van der Waals surface area contributed by atoms with Gasteiger partial charge in [-0.1, -0.05) is 61.8 Å². The van der Waals surface area contributed by atoms with Gasteiger partial charge in [0.05, 0.1) is 5.75 Å². The largest absolute Gasteiger partial charge is 0.342 e. The molecule has 21 heavy (non-hydrogen) atoms. The lowest BCUT2D eigenvalue weighted by molar-refractivity contribution is 0.516. The molecule has 1 saturated carbocycles. The fourth-order valence-corrected chi connectivity index (χ4v) is 4.20. The highest BCUT2D eigenvalue weighted by Crippen LogP contribution is 2.30. The van der Waals surface area contributed by atoms with Crippen molar-refractivity contribution in [3.63, 3.8) is 0 Å². The minimum Gasteiger partial charge on any atom is -0.342 e. The average molecular weight is 316 g/mol. The van der Waals surface area contributed by atoms with E-state index in [0.717, 1.165) is 28.1 Å². The summed E-state index contributed by atoms with van der Waals surface area (Å²) in [6.45, 7) is 0. The van der Waals surface area contributed by atoms with Crippen LogP contribution < -0.4 is 0 Å². The molecule has 1 fully saturated rings. The smallest absolute Gasteiger partial charge is 0.130 e. The highest BCUT2D eigenvalue weighted by atomic mass is 32.2. The second kappa shape index (κ2) is 7.23. The molecule has 0 aliphatic heterocycles. The van der Waals surface area contributed by atoms with E-state index < -0.39 is 0 Å². The Hall–Kier alpha value is -1.13. The predicted molar refractivity (Wildman–Crippen MR) is 93.0 cm³/mol. The first-order valence-corrected chi connectivity index (χ1v) is 9.04. The molecule has 0 unspecified atom stereocenters. The topological polar surface area (TPSA) is 28.7 Å². The molecule has 110 valence electrons. The van der Waals surface area contributed by atoms with Gasteiger partial charge >= 0.3 is 0 Å². The summed E-state index contributed by atoms with van der Waals surface area (Å²) in [5.41, 5.74) is 2.23. The van der Waals surface area contributed by atoms with Crippen LogP contribution in [-0.2, 0) is 5.75 Å². The van der Waals surface area contributed by atoms with E-state index in [1.165, 1.54) is 32.1 Å². The van der Waals surface area contributed by atoms with Gasteiger partial charge in [0.1, 0.15) is 10.5 Å². The molecular formula is C17H20N2S2. The fourth-order valence-electron chi connectivity index (χ4n) is 2.78. The van der Waals surface area contributed by atoms with Crippen LogP contribution in [0, 0.1) is 4.64 Å². The van der Waals surface area contributed by atoms with E-state index in [0.29, 0.717) is 4.64 Å². The van der Waals surface area contributed by atoms with Crippen molar-refractivity contribution >= 4 is 24.0 Å². The Bertz CT molecular complexity index is 631. The quantitative estimate of drug-likeness (QED) is 0.768. The second-order valence-electron chi connectivity index (χ2n) is 5.52. The standard InChI is InChI=1S/C17H20N2S2/c20-17-11-15(13-7-3-1-4-8-13)18-16(19-17)12-21-14-9-5-2-6-10-14/h1,3-4,7-8,11,14H,2,5-6,9-10,12H2,(H,18,19,20). The zero-order chi connectivity index (χ0) is 14.5. The molecule has 0 bridgehead atoms. The van der Waals surface area contributed by atoms with Gasteiger partial charge in [0.15, 0.2) is 0 Å². The number of rotatable bonds is 4. The molecule has 0 amide bonds. The van der Waals surface area contributed by atoms with Crippen molar-refractivity contribution in [3.05, 3.63) is 46.9 Å². The molecule has 1 aromatic heterocycles. The number of aromatic amines is 1. The molecule has 4 heteroatoms. The molecule has 1 aliphatic carbocycles. The SMILES string of the molecule is S=c1cc(-c2ccccc2)[nH]c(CSC2CCCCC2)n1. The van der Waals surface area contributed by atoms with E-state index in [2.05, 4.69) is 22.1 Å². The summed E-state index contributed by atoms with van der Waals surface area (Å²) in [7, 11) is 0. The highest BCUT2D eigenvalue weighted by Gasteiger charge is 2.14. The summed E-state index contributed by atoms with van der Waals surface area (Å²) in [5.74, 6) is 1.92. The zero-order valence-electron chi connectivity index (χ0n) is 12.0. The molecule has 3 rings (SSSR count). The van der Waals surface area contributed by atoms with Gasteiger partial charge in [0.25, 0.3) is 0 Å². The fraction of sp³-hybridized carbons (Fsp3) is 0.412. The average Bonchev–Trinajstić information content (AvgIpc) is 2.54. The van der Waals surface area contributed by atoms with Gasteiger partial charge in [-0.3, -0.25) is 0 Å². The van der Waals surface area contributed by atoms with Crippen molar-refractivity contribution in [2.75, 3.05) is 0 Å². The highest BCUT2D eigenvalue weighted by molar-refractivity contribution is 7.99. The van der Waals surface area contributed by atoms with Crippen LogP contribution in [0.2, 0.25) is 0 Å². The summed E-state index contributed by atoms with van der Waals surface area (Å²) in [6, 6.07) is 12.3. The van der Waals surface area contributed by atoms with Crippen LogP contribution in [0.25, 0.3) is 11.3 Å². The molecule has 0 spiro atoms. The van der Waals surface area contributed by atoms with Gasteiger partial charge in [-0.25, -0.2) is 4.98 Å². The van der Waals surface area contributed by atoms with Crippen molar-refractivity contribution in [1.29, 1.82) is 0 Å². The summed E-state index contributed by atoms with van der Waals surface area (Å²) in [5, 5.41) is 0.794. The molecule has 2 aromatic rings. The van der Waals surface area contributed by atoms with Crippen molar-refractivity contribution in [2.24, 2.45) is 0 Å². The number of thioether (sulfide) groups is 1. The van der Waals surface area contributed by atoms with E-state index in [1.807, 2.05) is 36.0 Å². The monoisotopic (exact) mass is 316 g/mol. The Morgan fingerprint density at radius 2 is 1.90 bits per heavy atom. The first kappa shape index (κ1) is 14.8. The molecule has 1 heterocycles. The molecule has 0 saturated heterocycles. The van der Waals surface area contributed by atoms with Gasteiger partial charge in [0, 0.05) is 10.9 Å². The maximum absolute atomic E-state index is 5.32. The Labute approximate surface area is 135 Å². The first-order valence-electron chi connectivity index (χ1n) is 7.58. The summed E-state index contributed by atoms with van der Waals surface area (Å²) in [4.78, 5) is 7.92. The number of aromatic nitrogens is 2. The summed E-state index contributed by atoms with van der Waals surface area (Å²) < 4.78 is 0.673. The van der Waals surface area contributed by atoms with Crippen LogP contribution in [0.1, 0.15) is 37.9 Å². The Morgan fingerprint density at radius 3 is 2.67 bits per heavy atom. The molecule has 1 N–H and O–H groups in total. The lowest BCUT2D eigenvalue weighted by Crippen LogP contribution is -2.09. The third kappa shape index (κ3) is 4.17. The number of hydrogen-bond acceptors (Lipinski definition) is 3. The molecule has 0 atom stereocenters. The number of H-pyrrole nitrogens is 1. The molecule has 1 aliphatic rings. The van der Waals surface area contributed by atoms with Crippen LogP contribution in [0.5, 0.6) is 0 Å². The van der Waals surface area contributed by atoms with Crippen molar-refractivity contribution in [3.8, 4) is 11.3 Å². The van der Waals surface area contributed by atoms with Crippen LogP contribution in [0.3, 0.4) is 0 Å².